The largest absolute Gasteiger partial charge is 0.416 e. The van der Waals surface area contributed by atoms with Gasteiger partial charge >= 0.3 is 6.18 Å². The van der Waals surface area contributed by atoms with Crippen molar-refractivity contribution in [3.63, 3.8) is 0 Å². The van der Waals surface area contributed by atoms with Crippen LogP contribution in [0.5, 0.6) is 0 Å². The Bertz CT molecular complexity index is 394. The van der Waals surface area contributed by atoms with Gasteiger partial charge in [-0.25, -0.2) is 0 Å². The highest BCUT2D eigenvalue weighted by Gasteiger charge is 2.30. The Labute approximate surface area is 92.4 Å². The van der Waals surface area contributed by atoms with Gasteiger partial charge < -0.3 is 4.90 Å². The van der Waals surface area contributed by atoms with Crippen LogP contribution in [0.4, 0.5) is 13.2 Å². The van der Waals surface area contributed by atoms with Gasteiger partial charge in [-0.05, 0) is 12.1 Å². The van der Waals surface area contributed by atoms with Crippen molar-refractivity contribution in [2.45, 2.75) is 6.18 Å². The molecule has 0 atom stereocenters. The lowest BCUT2D eigenvalue weighted by Crippen LogP contribution is -2.23. The molecular formula is C11H13F3N2. The molecule has 0 unspecified atom stereocenters. The maximum atomic E-state index is 12.5. The number of hydrogen-bond donors (Lipinski definition) is 0. The Morgan fingerprint density at radius 1 is 1.25 bits per heavy atom. The molecule has 0 radical (unpaired) electrons. The van der Waals surface area contributed by atoms with Crippen LogP contribution in [-0.4, -0.2) is 31.9 Å². The topological polar surface area (TPSA) is 15.6 Å². The van der Waals surface area contributed by atoms with Crippen LogP contribution in [0, 0.1) is 0 Å². The van der Waals surface area contributed by atoms with Crippen LogP contribution in [-0.2, 0) is 6.18 Å². The van der Waals surface area contributed by atoms with Gasteiger partial charge in [0.2, 0.25) is 0 Å². The second-order valence-corrected chi connectivity index (χ2v) is 3.52. The van der Waals surface area contributed by atoms with Gasteiger partial charge in [0.1, 0.15) is 5.84 Å². The zero-order valence-corrected chi connectivity index (χ0v) is 9.34. The first-order valence-electron chi connectivity index (χ1n) is 4.68. The Balaban J connectivity index is 3.18. The molecule has 0 aliphatic heterocycles. The number of rotatable bonds is 1. The monoisotopic (exact) mass is 230 g/mol. The lowest BCUT2D eigenvalue weighted by atomic mass is 10.1. The first-order valence-corrected chi connectivity index (χ1v) is 4.68. The van der Waals surface area contributed by atoms with Gasteiger partial charge in [-0.2, -0.15) is 13.2 Å². The van der Waals surface area contributed by atoms with Gasteiger partial charge in [-0.1, -0.05) is 12.1 Å². The van der Waals surface area contributed by atoms with Gasteiger partial charge in [0.05, 0.1) is 5.56 Å². The van der Waals surface area contributed by atoms with E-state index in [-0.39, 0.29) is 0 Å². The summed E-state index contributed by atoms with van der Waals surface area (Å²) in [6.45, 7) is 0. The Morgan fingerprint density at radius 3 is 2.31 bits per heavy atom. The second kappa shape index (κ2) is 4.55. The molecule has 0 N–H and O–H groups in total. The van der Waals surface area contributed by atoms with E-state index in [9.17, 15) is 13.2 Å². The van der Waals surface area contributed by atoms with E-state index < -0.39 is 11.7 Å². The summed E-state index contributed by atoms with van der Waals surface area (Å²) in [5.74, 6) is 0.520. The Kier molecular flexibility index (Phi) is 3.57. The highest BCUT2D eigenvalue weighted by Crippen LogP contribution is 2.29. The van der Waals surface area contributed by atoms with Crippen molar-refractivity contribution in [1.29, 1.82) is 0 Å². The SMILES string of the molecule is CN=C(c1cccc(C(F)(F)F)c1)N(C)C. The van der Waals surface area contributed by atoms with Crippen molar-refractivity contribution in [1.82, 2.24) is 4.90 Å². The van der Waals surface area contributed by atoms with Gasteiger partial charge in [-0.3, -0.25) is 4.99 Å². The maximum Gasteiger partial charge on any atom is 0.416 e. The summed E-state index contributed by atoms with van der Waals surface area (Å²) < 4.78 is 37.4. The van der Waals surface area contributed by atoms with Crippen LogP contribution in [0.1, 0.15) is 11.1 Å². The maximum absolute atomic E-state index is 12.5. The standard InChI is InChI=1S/C11H13F3N2/c1-15-10(16(2)3)8-5-4-6-9(7-8)11(12,13)14/h4-7H,1-3H3. The third-order valence-electron chi connectivity index (χ3n) is 2.08. The summed E-state index contributed by atoms with van der Waals surface area (Å²) in [6, 6.07) is 5.14. The molecule has 0 bridgehead atoms. The van der Waals surface area contributed by atoms with E-state index in [2.05, 4.69) is 4.99 Å². The lowest BCUT2D eigenvalue weighted by Gasteiger charge is -2.16. The molecule has 5 heteroatoms. The molecule has 0 amide bonds. The number of aliphatic imine (C=N–C) groups is 1. The summed E-state index contributed by atoms with van der Waals surface area (Å²) in [7, 11) is 5.03. The van der Waals surface area contributed by atoms with E-state index in [1.165, 1.54) is 6.07 Å². The number of amidine groups is 1. The summed E-state index contributed by atoms with van der Waals surface area (Å²) in [5.41, 5.74) is -0.199. The van der Waals surface area contributed by atoms with Gasteiger partial charge in [0.15, 0.2) is 0 Å². The average molecular weight is 230 g/mol. The van der Waals surface area contributed by atoms with Crippen molar-refractivity contribution in [2.24, 2.45) is 4.99 Å². The normalized spacial score (nSPS) is 12.8. The highest BCUT2D eigenvalue weighted by molar-refractivity contribution is 5.98. The first-order chi connectivity index (χ1) is 7.36. The second-order valence-electron chi connectivity index (χ2n) is 3.52. The fourth-order valence-corrected chi connectivity index (χ4v) is 1.42. The minimum Gasteiger partial charge on any atom is -0.363 e. The zero-order valence-electron chi connectivity index (χ0n) is 9.34. The third kappa shape index (κ3) is 2.74. The van der Waals surface area contributed by atoms with E-state index in [1.54, 1.807) is 32.1 Å². The fourth-order valence-electron chi connectivity index (χ4n) is 1.42. The molecule has 16 heavy (non-hydrogen) atoms. The molecule has 0 aliphatic carbocycles. The molecule has 2 nitrogen and oxygen atoms in total. The van der Waals surface area contributed by atoms with Gasteiger partial charge in [0.25, 0.3) is 0 Å². The van der Waals surface area contributed by atoms with Crippen molar-refractivity contribution < 1.29 is 13.2 Å². The fraction of sp³-hybridized carbons (Fsp3) is 0.364. The summed E-state index contributed by atoms with van der Waals surface area (Å²) in [5, 5.41) is 0. The van der Waals surface area contributed by atoms with Gasteiger partial charge in [-0.15, -0.1) is 0 Å². The van der Waals surface area contributed by atoms with Crippen molar-refractivity contribution in [2.75, 3.05) is 21.1 Å². The van der Waals surface area contributed by atoms with Crippen molar-refractivity contribution in [3.05, 3.63) is 35.4 Å². The van der Waals surface area contributed by atoms with Crippen LogP contribution >= 0.6 is 0 Å². The van der Waals surface area contributed by atoms with E-state index in [4.69, 9.17) is 0 Å². The van der Waals surface area contributed by atoms with Crippen LogP contribution < -0.4 is 0 Å². The number of alkyl halides is 3. The van der Waals surface area contributed by atoms with E-state index in [0.717, 1.165) is 12.1 Å². The average Bonchev–Trinajstić information content (AvgIpc) is 2.17. The molecule has 0 aliphatic rings. The molecule has 1 rings (SSSR count). The first kappa shape index (κ1) is 12.5. The van der Waals surface area contributed by atoms with Crippen LogP contribution in [0.3, 0.4) is 0 Å². The molecule has 0 spiro atoms. The molecule has 88 valence electrons. The molecule has 0 heterocycles. The molecule has 1 aromatic rings. The number of nitrogens with zero attached hydrogens (tertiary/aromatic N) is 2. The van der Waals surface area contributed by atoms with E-state index in [0.29, 0.717) is 11.4 Å². The van der Waals surface area contributed by atoms with Crippen LogP contribution in [0.15, 0.2) is 29.3 Å². The molecule has 0 saturated heterocycles. The zero-order chi connectivity index (χ0) is 12.3. The molecule has 1 aromatic carbocycles. The number of hydrogen-bond acceptors (Lipinski definition) is 1. The smallest absolute Gasteiger partial charge is 0.363 e. The number of benzene rings is 1. The van der Waals surface area contributed by atoms with E-state index in [1.807, 2.05) is 0 Å². The van der Waals surface area contributed by atoms with Gasteiger partial charge in [0, 0.05) is 26.7 Å². The van der Waals surface area contributed by atoms with E-state index >= 15 is 0 Å². The molecular weight excluding hydrogens is 217 g/mol. The minimum absolute atomic E-state index is 0.460. The Hall–Kier alpha value is -1.52. The predicted octanol–water partition coefficient (Wildman–Crippen LogP) is 2.64. The van der Waals surface area contributed by atoms with Crippen LogP contribution in [0.2, 0.25) is 0 Å². The summed E-state index contributed by atoms with van der Waals surface area (Å²) in [6.07, 6.45) is -4.32. The van der Waals surface area contributed by atoms with Crippen molar-refractivity contribution >= 4 is 5.84 Å². The predicted molar refractivity (Wildman–Crippen MR) is 57.6 cm³/mol. The summed E-state index contributed by atoms with van der Waals surface area (Å²) >= 11 is 0. The number of halogens is 3. The highest BCUT2D eigenvalue weighted by atomic mass is 19.4. The van der Waals surface area contributed by atoms with Crippen LogP contribution in [0.25, 0.3) is 0 Å². The Morgan fingerprint density at radius 2 is 1.88 bits per heavy atom. The quantitative estimate of drug-likeness (QED) is 0.535. The third-order valence-corrected chi connectivity index (χ3v) is 2.08. The van der Waals surface area contributed by atoms with Crippen molar-refractivity contribution in [3.8, 4) is 0 Å². The molecule has 0 aromatic heterocycles. The molecule has 0 fully saturated rings. The minimum atomic E-state index is -4.32. The molecule has 0 saturated carbocycles. The summed E-state index contributed by atoms with van der Waals surface area (Å²) in [4.78, 5) is 5.63. The lowest BCUT2D eigenvalue weighted by molar-refractivity contribution is -0.137.